The van der Waals surface area contributed by atoms with Gasteiger partial charge in [-0.05, 0) is 64.1 Å². The minimum Gasteiger partial charge on any atom is -0.473 e. The first kappa shape index (κ1) is 15.3. The Morgan fingerprint density at radius 2 is 1.58 bits per heavy atom. The third-order valence-electron chi connectivity index (χ3n) is 4.71. The molecule has 1 aliphatic carbocycles. The average Bonchev–Trinajstić information content (AvgIpc) is 3.21. The highest BCUT2D eigenvalue weighted by molar-refractivity contribution is 6.21. The molecule has 24 heavy (non-hydrogen) atoms. The largest absolute Gasteiger partial charge is 0.473 e. The minimum atomic E-state index is 0.311. The maximum atomic E-state index is 6.29. The van der Waals surface area contributed by atoms with Crippen molar-refractivity contribution in [2.24, 2.45) is 0 Å². The molecule has 1 aromatic heterocycles. The minimum absolute atomic E-state index is 0.311. The van der Waals surface area contributed by atoms with E-state index in [1.807, 2.05) is 12.1 Å². The molecule has 0 amide bonds. The molecule has 3 aromatic carbocycles. The topological polar surface area (TPSA) is 13.1 Å². The van der Waals surface area contributed by atoms with Gasteiger partial charge in [-0.2, -0.15) is 0 Å². The van der Waals surface area contributed by atoms with E-state index in [9.17, 15) is 0 Å². The lowest BCUT2D eigenvalue weighted by molar-refractivity contribution is 0.567. The Kier molecular flexibility index (Phi) is 4.27. The quantitative estimate of drug-likeness (QED) is 0.269. The molecule has 0 saturated carbocycles. The molecule has 1 unspecified atom stereocenters. The second-order valence-electron chi connectivity index (χ2n) is 6.22. The monoisotopic (exact) mass is 334 g/mol. The SMILES string of the molecule is ClC1CCc2c(ccc3c2ccc2ccccc23)C1.c1ccoc1. The van der Waals surface area contributed by atoms with Crippen LogP contribution in [0.25, 0.3) is 21.5 Å². The number of rotatable bonds is 0. The summed E-state index contributed by atoms with van der Waals surface area (Å²) in [5.41, 5.74) is 2.95. The Morgan fingerprint density at radius 3 is 2.38 bits per heavy atom. The molecule has 0 fully saturated rings. The van der Waals surface area contributed by atoms with Gasteiger partial charge in [0.25, 0.3) is 0 Å². The van der Waals surface area contributed by atoms with Gasteiger partial charge in [0.15, 0.2) is 0 Å². The number of hydrogen-bond donors (Lipinski definition) is 0. The fraction of sp³-hybridized carbons (Fsp3) is 0.182. The standard InChI is InChI=1S/C18H15Cl.C4H4O/c19-14-7-10-16-13(11-14)6-9-17-15-4-2-1-3-12(15)5-8-18(16)17;1-2-4-5-3-1/h1-6,8-9,14H,7,10-11H2;1-4H. The van der Waals surface area contributed by atoms with Crippen molar-refractivity contribution < 1.29 is 4.42 Å². The number of aryl methyl sites for hydroxylation is 1. The molecule has 120 valence electrons. The zero-order chi connectivity index (χ0) is 16.4. The predicted octanol–water partition coefficient (Wildman–Crippen LogP) is 6.37. The van der Waals surface area contributed by atoms with Gasteiger partial charge in [-0.25, -0.2) is 0 Å². The Balaban J connectivity index is 0.000000252. The van der Waals surface area contributed by atoms with Crippen LogP contribution < -0.4 is 0 Å². The van der Waals surface area contributed by atoms with Gasteiger partial charge < -0.3 is 4.42 Å². The third-order valence-corrected chi connectivity index (χ3v) is 5.08. The van der Waals surface area contributed by atoms with E-state index in [0.29, 0.717) is 5.38 Å². The Hall–Kier alpha value is -2.25. The molecule has 1 nitrogen and oxygen atoms in total. The fourth-order valence-electron chi connectivity index (χ4n) is 3.55. The van der Waals surface area contributed by atoms with Crippen LogP contribution in [0.4, 0.5) is 0 Å². The maximum Gasteiger partial charge on any atom is 0.0902 e. The van der Waals surface area contributed by atoms with Gasteiger partial charge in [0.05, 0.1) is 12.5 Å². The van der Waals surface area contributed by atoms with Gasteiger partial charge in [-0.1, -0.05) is 48.5 Å². The Labute approximate surface area is 146 Å². The van der Waals surface area contributed by atoms with Crippen LogP contribution in [0, 0.1) is 0 Å². The predicted molar refractivity (Wildman–Crippen MR) is 102 cm³/mol. The second-order valence-corrected chi connectivity index (χ2v) is 6.84. The second kappa shape index (κ2) is 6.70. The van der Waals surface area contributed by atoms with E-state index in [1.54, 1.807) is 12.5 Å². The van der Waals surface area contributed by atoms with Crippen molar-refractivity contribution in [2.45, 2.75) is 24.6 Å². The van der Waals surface area contributed by atoms with Gasteiger partial charge in [-0.3, -0.25) is 0 Å². The number of benzene rings is 3. The third kappa shape index (κ3) is 2.92. The van der Waals surface area contributed by atoms with E-state index in [4.69, 9.17) is 11.6 Å². The maximum absolute atomic E-state index is 6.29. The van der Waals surface area contributed by atoms with Crippen molar-refractivity contribution in [3.05, 3.63) is 84.3 Å². The molecule has 0 N–H and O–H groups in total. The Bertz CT molecular complexity index is 939. The zero-order valence-electron chi connectivity index (χ0n) is 13.4. The van der Waals surface area contributed by atoms with Crippen molar-refractivity contribution in [1.82, 2.24) is 0 Å². The van der Waals surface area contributed by atoms with E-state index < -0.39 is 0 Å². The van der Waals surface area contributed by atoms with Crippen LogP contribution in [0.5, 0.6) is 0 Å². The van der Waals surface area contributed by atoms with Crippen molar-refractivity contribution >= 4 is 33.1 Å². The number of hydrogen-bond acceptors (Lipinski definition) is 1. The number of fused-ring (bicyclic) bond motifs is 5. The highest BCUT2D eigenvalue weighted by Gasteiger charge is 2.18. The van der Waals surface area contributed by atoms with Crippen molar-refractivity contribution in [2.75, 3.05) is 0 Å². The molecular formula is C22H19ClO. The van der Waals surface area contributed by atoms with Gasteiger partial charge in [0.2, 0.25) is 0 Å². The molecule has 1 heterocycles. The van der Waals surface area contributed by atoms with Crippen molar-refractivity contribution in [1.29, 1.82) is 0 Å². The summed E-state index contributed by atoms with van der Waals surface area (Å²) in [6.07, 6.45) is 6.47. The van der Waals surface area contributed by atoms with Crippen molar-refractivity contribution in [3.8, 4) is 0 Å². The van der Waals surface area contributed by atoms with Crippen LogP contribution in [0.15, 0.2) is 77.6 Å². The van der Waals surface area contributed by atoms with Crippen LogP contribution in [0.1, 0.15) is 17.5 Å². The van der Waals surface area contributed by atoms with Gasteiger partial charge in [-0.15, -0.1) is 11.6 Å². The lowest BCUT2D eigenvalue weighted by Gasteiger charge is -2.22. The number of halogens is 1. The molecule has 1 aliphatic rings. The van der Waals surface area contributed by atoms with E-state index in [1.165, 1.54) is 32.7 Å². The molecular weight excluding hydrogens is 316 g/mol. The molecule has 0 bridgehead atoms. The first-order valence-corrected chi connectivity index (χ1v) is 8.80. The number of furan rings is 1. The molecule has 2 heteroatoms. The van der Waals surface area contributed by atoms with Gasteiger partial charge in [0, 0.05) is 5.38 Å². The van der Waals surface area contributed by atoms with Crippen LogP contribution in [0.2, 0.25) is 0 Å². The summed E-state index contributed by atoms with van der Waals surface area (Å²) < 4.78 is 4.58. The van der Waals surface area contributed by atoms with Crippen molar-refractivity contribution in [3.63, 3.8) is 0 Å². The van der Waals surface area contributed by atoms with Crippen LogP contribution in [-0.4, -0.2) is 5.38 Å². The van der Waals surface area contributed by atoms with Gasteiger partial charge >= 0.3 is 0 Å². The molecule has 0 aliphatic heterocycles. The molecule has 5 rings (SSSR count). The zero-order valence-corrected chi connectivity index (χ0v) is 14.2. The molecule has 4 aromatic rings. The molecule has 1 atom stereocenters. The highest BCUT2D eigenvalue weighted by Crippen LogP contribution is 2.34. The van der Waals surface area contributed by atoms with E-state index in [0.717, 1.165) is 19.3 Å². The van der Waals surface area contributed by atoms with Crippen LogP contribution in [0.3, 0.4) is 0 Å². The van der Waals surface area contributed by atoms with Crippen LogP contribution in [-0.2, 0) is 12.8 Å². The summed E-state index contributed by atoms with van der Waals surface area (Å²) in [5, 5.41) is 5.78. The van der Waals surface area contributed by atoms with Gasteiger partial charge in [0.1, 0.15) is 0 Å². The smallest absolute Gasteiger partial charge is 0.0902 e. The summed E-state index contributed by atoms with van der Waals surface area (Å²) in [7, 11) is 0. The summed E-state index contributed by atoms with van der Waals surface area (Å²) >= 11 is 6.29. The van der Waals surface area contributed by atoms with E-state index >= 15 is 0 Å². The highest BCUT2D eigenvalue weighted by atomic mass is 35.5. The first-order valence-electron chi connectivity index (χ1n) is 8.36. The van der Waals surface area contributed by atoms with E-state index in [2.05, 4.69) is 52.9 Å². The first-order chi connectivity index (χ1) is 11.8. The number of alkyl halides is 1. The Morgan fingerprint density at radius 1 is 0.792 bits per heavy atom. The fourth-order valence-corrected chi connectivity index (χ4v) is 3.83. The normalized spacial score (nSPS) is 16.5. The molecule has 0 spiro atoms. The van der Waals surface area contributed by atoms with Crippen LogP contribution >= 0.6 is 11.6 Å². The van der Waals surface area contributed by atoms with E-state index in [-0.39, 0.29) is 0 Å². The summed E-state index contributed by atoms with van der Waals surface area (Å²) in [6, 6.07) is 21.4. The summed E-state index contributed by atoms with van der Waals surface area (Å²) in [4.78, 5) is 0. The molecule has 0 radical (unpaired) electrons. The lowest BCUT2D eigenvalue weighted by Crippen LogP contribution is -2.14. The summed E-state index contributed by atoms with van der Waals surface area (Å²) in [5.74, 6) is 0. The molecule has 0 saturated heterocycles. The lowest BCUT2D eigenvalue weighted by atomic mass is 9.86. The average molecular weight is 335 g/mol. The summed E-state index contributed by atoms with van der Waals surface area (Å²) in [6.45, 7) is 0.